The van der Waals surface area contributed by atoms with Crippen LogP contribution in [0, 0.1) is 6.92 Å². The molecule has 2 unspecified atom stereocenters. The van der Waals surface area contributed by atoms with Gasteiger partial charge in [-0.3, -0.25) is 0 Å². The molecule has 1 aromatic carbocycles. The molecule has 0 heterocycles. The Morgan fingerprint density at radius 2 is 2.06 bits per heavy atom. The van der Waals surface area contributed by atoms with Gasteiger partial charge in [0.05, 0.1) is 5.60 Å². The van der Waals surface area contributed by atoms with E-state index in [1.165, 1.54) is 11.1 Å². The van der Waals surface area contributed by atoms with Gasteiger partial charge in [-0.25, -0.2) is 0 Å². The minimum absolute atomic E-state index is 0.104. The summed E-state index contributed by atoms with van der Waals surface area (Å²) in [5.74, 6) is 0. The molecule has 2 atom stereocenters. The summed E-state index contributed by atoms with van der Waals surface area (Å²) in [6, 6.07) is 9.05. The molecule has 0 bridgehead atoms. The molecule has 1 aromatic rings. The molecule has 0 aliphatic carbocycles. The molecule has 0 fully saturated rings. The minimum atomic E-state index is -0.104. The number of likely N-dealkylation sites (N-methyl/N-ethyl adjacent to an activating group) is 1. The first-order valence-corrected chi connectivity index (χ1v) is 6.92. The van der Waals surface area contributed by atoms with Gasteiger partial charge in [0.15, 0.2) is 0 Å². The van der Waals surface area contributed by atoms with Gasteiger partial charge in [-0.1, -0.05) is 36.8 Å². The van der Waals surface area contributed by atoms with Crippen molar-refractivity contribution in [3.05, 3.63) is 35.4 Å². The molecule has 2 heteroatoms. The Labute approximate surface area is 112 Å². The van der Waals surface area contributed by atoms with Gasteiger partial charge in [0, 0.05) is 12.6 Å². The maximum absolute atomic E-state index is 5.97. The molecule has 102 valence electrons. The van der Waals surface area contributed by atoms with Crippen LogP contribution in [-0.4, -0.2) is 25.3 Å². The zero-order chi connectivity index (χ0) is 13.6. The maximum atomic E-state index is 5.97. The Bertz CT molecular complexity index is 364. The lowest BCUT2D eigenvalue weighted by Gasteiger charge is -2.37. The van der Waals surface area contributed by atoms with Gasteiger partial charge >= 0.3 is 0 Å². The summed E-state index contributed by atoms with van der Waals surface area (Å²) >= 11 is 0. The van der Waals surface area contributed by atoms with E-state index in [0.29, 0.717) is 6.04 Å². The third-order valence-electron chi connectivity index (χ3n) is 3.78. The monoisotopic (exact) mass is 249 g/mol. The summed E-state index contributed by atoms with van der Waals surface area (Å²) in [5, 5.41) is 3.42. The summed E-state index contributed by atoms with van der Waals surface area (Å²) in [6.07, 6.45) is 2.01. The van der Waals surface area contributed by atoms with E-state index in [-0.39, 0.29) is 5.60 Å². The smallest absolute Gasteiger partial charge is 0.0807 e. The summed E-state index contributed by atoms with van der Waals surface area (Å²) in [4.78, 5) is 0. The highest BCUT2D eigenvalue weighted by atomic mass is 16.5. The third kappa shape index (κ3) is 3.82. The van der Waals surface area contributed by atoms with Gasteiger partial charge in [-0.05, 0) is 46.2 Å². The second-order valence-electron chi connectivity index (χ2n) is 5.13. The number of nitrogens with one attached hydrogen (secondary N) is 1. The lowest BCUT2D eigenvalue weighted by Crippen LogP contribution is -2.50. The number of hydrogen-bond donors (Lipinski definition) is 1. The van der Waals surface area contributed by atoms with E-state index >= 15 is 0 Å². The minimum Gasteiger partial charge on any atom is -0.374 e. The van der Waals surface area contributed by atoms with Crippen LogP contribution < -0.4 is 5.32 Å². The predicted molar refractivity (Wildman–Crippen MR) is 78.1 cm³/mol. The topological polar surface area (TPSA) is 21.3 Å². The average Bonchev–Trinajstić information content (AvgIpc) is 2.36. The highest BCUT2D eigenvalue weighted by molar-refractivity contribution is 5.23. The summed E-state index contributed by atoms with van der Waals surface area (Å²) in [5.41, 5.74) is 2.58. The second kappa shape index (κ2) is 6.91. The van der Waals surface area contributed by atoms with E-state index in [9.17, 15) is 0 Å². The van der Waals surface area contributed by atoms with Gasteiger partial charge in [0.25, 0.3) is 0 Å². The molecule has 18 heavy (non-hydrogen) atoms. The quantitative estimate of drug-likeness (QED) is 0.800. The fraction of sp³-hybridized carbons (Fsp3) is 0.625. The zero-order valence-electron chi connectivity index (χ0n) is 12.4. The van der Waals surface area contributed by atoms with Gasteiger partial charge in [-0.2, -0.15) is 0 Å². The number of benzene rings is 1. The van der Waals surface area contributed by atoms with Crippen LogP contribution in [0.3, 0.4) is 0 Å². The van der Waals surface area contributed by atoms with Crippen LogP contribution in [0.5, 0.6) is 0 Å². The van der Waals surface area contributed by atoms with Crippen molar-refractivity contribution in [2.24, 2.45) is 0 Å². The highest BCUT2D eigenvalue weighted by Crippen LogP contribution is 2.23. The van der Waals surface area contributed by atoms with E-state index in [1.54, 1.807) is 0 Å². The molecule has 0 spiro atoms. The first-order chi connectivity index (χ1) is 8.55. The average molecular weight is 249 g/mol. The first kappa shape index (κ1) is 15.2. The van der Waals surface area contributed by atoms with Crippen molar-refractivity contribution in [2.45, 2.75) is 52.2 Å². The number of ether oxygens (including phenoxy) is 1. The molecular weight excluding hydrogens is 222 g/mol. The van der Waals surface area contributed by atoms with Crippen LogP contribution in [0.15, 0.2) is 24.3 Å². The lowest BCUT2D eigenvalue weighted by atomic mass is 9.88. The van der Waals surface area contributed by atoms with Gasteiger partial charge in [0.2, 0.25) is 0 Å². The molecular formula is C16H27NO. The Balaban J connectivity index is 2.83. The molecule has 0 aliphatic heterocycles. The van der Waals surface area contributed by atoms with E-state index < -0.39 is 0 Å². The molecule has 0 aromatic heterocycles. The summed E-state index contributed by atoms with van der Waals surface area (Å²) in [6.45, 7) is 9.35. The van der Waals surface area contributed by atoms with E-state index in [1.807, 2.05) is 7.05 Å². The van der Waals surface area contributed by atoms with E-state index in [4.69, 9.17) is 4.74 Å². The lowest BCUT2D eigenvalue weighted by molar-refractivity contribution is -0.0534. The third-order valence-corrected chi connectivity index (χ3v) is 3.78. The fourth-order valence-corrected chi connectivity index (χ4v) is 2.48. The van der Waals surface area contributed by atoms with Crippen LogP contribution >= 0.6 is 0 Å². The molecule has 0 saturated heterocycles. The normalized spacial score (nSPS) is 16.3. The standard InChI is InChI=1S/C16H27NO/c1-6-16(4,18-7-2)15(17-5)12-14-10-8-9-13(3)11-14/h8-11,15,17H,6-7,12H2,1-5H3. The van der Waals surface area contributed by atoms with Gasteiger partial charge in [0.1, 0.15) is 0 Å². The van der Waals surface area contributed by atoms with Crippen molar-refractivity contribution < 1.29 is 4.74 Å². The van der Waals surface area contributed by atoms with Crippen LogP contribution in [-0.2, 0) is 11.2 Å². The molecule has 0 saturated carbocycles. The van der Waals surface area contributed by atoms with Crippen molar-refractivity contribution in [3.8, 4) is 0 Å². The van der Waals surface area contributed by atoms with Crippen molar-refractivity contribution in [1.29, 1.82) is 0 Å². The van der Waals surface area contributed by atoms with E-state index in [0.717, 1.165) is 19.4 Å². The first-order valence-electron chi connectivity index (χ1n) is 6.92. The van der Waals surface area contributed by atoms with Crippen molar-refractivity contribution in [2.75, 3.05) is 13.7 Å². The number of rotatable bonds is 7. The highest BCUT2D eigenvalue weighted by Gasteiger charge is 2.32. The Hall–Kier alpha value is -0.860. The van der Waals surface area contributed by atoms with Crippen LogP contribution in [0.2, 0.25) is 0 Å². The molecule has 1 N–H and O–H groups in total. The fourth-order valence-electron chi connectivity index (χ4n) is 2.48. The van der Waals surface area contributed by atoms with Gasteiger partial charge < -0.3 is 10.1 Å². The molecule has 0 radical (unpaired) electrons. The predicted octanol–water partition coefficient (Wildman–Crippen LogP) is 3.33. The molecule has 0 aliphatic rings. The summed E-state index contributed by atoms with van der Waals surface area (Å²) in [7, 11) is 2.02. The molecule has 1 rings (SSSR count). The molecule has 0 amide bonds. The Kier molecular flexibility index (Phi) is 5.83. The molecule has 2 nitrogen and oxygen atoms in total. The van der Waals surface area contributed by atoms with Crippen molar-refractivity contribution in [3.63, 3.8) is 0 Å². The Morgan fingerprint density at radius 3 is 2.56 bits per heavy atom. The summed E-state index contributed by atoms with van der Waals surface area (Å²) < 4.78 is 5.97. The maximum Gasteiger partial charge on any atom is 0.0807 e. The largest absolute Gasteiger partial charge is 0.374 e. The second-order valence-corrected chi connectivity index (χ2v) is 5.13. The van der Waals surface area contributed by atoms with Gasteiger partial charge in [-0.15, -0.1) is 0 Å². The number of hydrogen-bond acceptors (Lipinski definition) is 2. The SMILES string of the molecule is CCOC(C)(CC)C(Cc1cccc(C)c1)NC. The van der Waals surface area contributed by atoms with Crippen LogP contribution in [0.25, 0.3) is 0 Å². The van der Waals surface area contributed by atoms with E-state index in [2.05, 4.69) is 57.3 Å². The zero-order valence-corrected chi connectivity index (χ0v) is 12.4. The number of aryl methyl sites for hydroxylation is 1. The van der Waals surface area contributed by atoms with Crippen LogP contribution in [0.1, 0.15) is 38.3 Å². The van der Waals surface area contributed by atoms with Crippen molar-refractivity contribution in [1.82, 2.24) is 5.32 Å². The van der Waals surface area contributed by atoms with Crippen molar-refractivity contribution >= 4 is 0 Å². The Morgan fingerprint density at radius 1 is 1.33 bits per heavy atom. The van der Waals surface area contributed by atoms with Crippen LogP contribution in [0.4, 0.5) is 0 Å².